The van der Waals surface area contributed by atoms with Gasteiger partial charge in [0.1, 0.15) is 0 Å². The van der Waals surface area contributed by atoms with Crippen LogP contribution < -0.4 is 0 Å². The van der Waals surface area contributed by atoms with Crippen LogP contribution in [0.5, 0.6) is 0 Å². The average molecular weight is 480 g/mol. The zero-order valence-electron chi connectivity index (χ0n) is 19.7. The number of nitriles is 2. The number of rotatable bonds is 1. The second-order valence-electron chi connectivity index (χ2n) is 8.80. The van der Waals surface area contributed by atoms with Gasteiger partial charge in [-0.25, -0.2) is 25.1 Å². The maximum atomic E-state index is 9.88. The van der Waals surface area contributed by atoms with Crippen molar-refractivity contribution in [2.45, 2.75) is 0 Å². The molecule has 0 atom stereocenters. The first-order valence-electron chi connectivity index (χ1n) is 11.6. The molecule has 0 aliphatic heterocycles. The molecule has 5 nitrogen and oxygen atoms in total. The van der Waals surface area contributed by atoms with E-state index in [4.69, 9.17) is 19.7 Å². The molecule has 0 saturated carbocycles. The standard InChI is InChI=1S/C33H13N5/c1-36-21-11-8-19(9-12-21)20-10-13-23-26-16-28-25(15-29(26)33(27(23)14-20)31(18-35)38-3)22-6-4-5-7-24(22)32(28)30(17-34)37-2/h4-16H/b32-30-,33-31+. The Kier molecular flexibility index (Phi) is 4.98. The van der Waals surface area contributed by atoms with Crippen molar-refractivity contribution >= 4 is 16.8 Å². The number of allylic oxidation sites excluding steroid dienone is 2. The van der Waals surface area contributed by atoms with Gasteiger partial charge in [-0.3, -0.25) is 0 Å². The molecule has 38 heavy (non-hydrogen) atoms. The molecule has 0 radical (unpaired) electrons. The van der Waals surface area contributed by atoms with Crippen LogP contribution in [-0.4, -0.2) is 0 Å². The quantitative estimate of drug-likeness (QED) is 0.176. The average Bonchev–Trinajstić information content (AvgIpc) is 3.46. The summed E-state index contributed by atoms with van der Waals surface area (Å²) in [5.74, 6) is 0. The molecule has 0 heterocycles. The molecule has 0 bridgehead atoms. The van der Waals surface area contributed by atoms with Gasteiger partial charge in [0.15, 0.2) is 5.69 Å². The lowest BCUT2D eigenvalue weighted by atomic mass is 9.95. The number of fused-ring (bicyclic) bond motifs is 6. The summed E-state index contributed by atoms with van der Waals surface area (Å²) in [5.41, 5.74) is 10.3. The van der Waals surface area contributed by atoms with E-state index in [1.165, 1.54) is 0 Å². The van der Waals surface area contributed by atoms with Crippen molar-refractivity contribution in [2.75, 3.05) is 0 Å². The Morgan fingerprint density at radius 3 is 1.58 bits per heavy atom. The fourth-order valence-corrected chi connectivity index (χ4v) is 5.36. The van der Waals surface area contributed by atoms with Crippen molar-refractivity contribution in [2.24, 2.45) is 0 Å². The SMILES string of the molecule is [C-]#[N+]/C(C#N)=C1/c2ccccc2-c2cc3c(cc21)-c1ccc(-c2ccc([N+]#[C-])cc2)cc1/C3=C(/C#N)[N+]#[C-]. The lowest BCUT2D eigenvalue weighted by Crippen LogP contribution is -1.89. The van der Waals surface area contributed by atoms with Crippen LogP contribution in [0.15, 0.2) is 90.3 Å². The number of hydrogen-bond acceptors (Lipinski definition) is 2. The van der Waals surface area contributed by atoms with Gasteiger partial charge in [-0.05, 0) is 73.8 Å². The van der Waals surface area contributed by atoms with Gasteiger partial charge in [0.05, 0.1) is 31.9 Å². The molecule has 4 aromatic rings. The van der Waals surface area contributed by atoms with Crippen molar-refractivity contribution < 1.29 is 0 Å². The highest BCUT2D eigenvalue weighted by Gasteiger charge is 2.33. The zero-order valence-corrected chi connectivity index (χ0v) is 19.7. The number of benzene rings is 4. The Balaban J connectivity index is 1.65. The minimum atomic E-state index is 0.00590. The Bertz CT molecular complexity index is 1970. The maximum absolute atomic E-state index is 9.88. The van der Waals surface area contributed by atoms with E-state index in [1.54, 1.807) is 12.1 Å². The van der Waals surface area contributed by atoms with Crippen LogP contribution in [-0.2, 0) is 0 Å². The predicted molar refractivity (Wildman–Crippen MR) is 145 cm³/mol. The van der Waals surface area contributed by atoms with Gasteiger partial charge >= 0.3 is 0 Å². The Morgan fingerprint density at radius 1 is 0.526 bits per heavy atom. The van der Waals surface area contributed by atoms with Crippen LogP contribution in [0.4, 0.5) is 5.69 Å². The van der Waals surface area contributed by atoms with E-state index in [0.717, 1.165) is 55.6 Å². The monoisotopic (exact) mass is 479 g/mol. The van der Waals surface area contributed by atoms with Crippen molar-refractivity contribution in [3.8, 4) is 45.5 Å². The number of nitrogens with zero attached hydrogens (tertiary/aromatic N) is 5. The fourth-order valence-electron chi connectivity index (χ4n) is 5.36. The van der Waals surface area contributed by atoms with Gasteiger partial charge in [-0.2, -0.15) is 0 Å². The van der Waals surface area contributed by atoms with E-state index in [1.807, 2.05) is 66.7 Å². The lowest BCUT2D eigenvalue weighted by molar-refractivity contribution is 1.49. The van der Waals surface area contributed by atoms with E-state index >= 15 is 0 Å². The van der Waals surface area contributed by atoms with E-state index in [9.17, 15) is 10.5 Å². The molecule has 2 aliphatic carbocycles. The van der Waals surface area contributed by atoms with E-state index in [-0.39, 0.29) is 11.4 Å². The first-order valence-corrected chi connectivity index (χ1v) is 11.6. The highest BCUT2D eigenvalue weighted by molar-refractivity contribution is 6.11. The summed E-state index contributed by atoms with van der Waals surface area (Å²) in [4.78, 5) is 10.5. The largest absolute Gasteiger partial charge is 0.270 e. The molecule has 0 unspecified atom stereocenters. The minimum Gasteiger partial charge on any atom is -0.238 e. The third-order valence-corrected chi connectivity index (χ3v) is 7.00. The van der Waals surface area contributed by atoms with Crippen molar-refractivity contribution in [3.63, 3.8) is 0 Å². The second kappa shape index (κ2) is 8.48. The van der Waals surface area contributed by atoms with Crippen molar-refractivity contribution in [3.05, 3.63) is 147 Å². The molecule has 0 fully saturated rings. The Labute approximate surface area is 219 Å². The molecule has 0 spiro atoms. The Morgan fingerprint density at radius 2 is 1.03 bits per heavy atom. The topological polar surface area (TPSA) is 60.7 Å². The van der Waals surface area contributed by atoms with Crippen molar-refractivity contribution in [1.82, 2.24) is 0 Å². The normalized spacial score (nSPS) is 14.3. The summed E-state index contributed by atoms with van der Waals surface area (Å²) < 4.78 is 0. The van der Waals surface area contributed by atoms with Crippen LogP contribution in [0.1, 0.15) is 22.3 Å². The van der Waals surface area contributed by atoms with E-state index < -0.39 is 0 Å². The molecular formula is C33H13N5. The van der Waals surface area contributed by atoms with Crippen LogP contribution >= 0.6 is 0 Å². The molecule has 0 aromatic heterocycles. The molecule has 170 valence electrons. The summed E-state index contributed by atoms with van der Waals surface area (Å²) in [5, 5.41) is 19.6. The minimum absolute atomic E-state index is 0.00590. The molecule has 5 heteroatoms. The third kappa shape index (κ3) is 3.07. The predicted octanol–water partition coefficient (Wildman–Crippen LogP) is 8.27. The van der Waals surface area contributed by atoms with E-state index in [0.29, 0.717) is 16.8 Å². The smallest absolute Gasteiger partial charge is 0.238 e. The molecule has 0 saturated heterocycles. The summed E-state index contributed by atoms with van der Waals surface area (Å²) >= 11 is 0. The van der Waals surface area contributed by atoms with Gasteiger partial charge in [0, 0.05) is 11.1 Å². The zero-order chi connectivity index (χ0) is 26.4. The Hall–Kier alpha value is -6.19. The summed E-state index contributed by atoms with van der Waals surface area (Å²) in [6.07, 6.45) is 0. The van der Waals surface area contributed by atoms with Gasteiger partial charge in [0.2, 0.25) is 0 Å². The van der Waals surface area contributed by atoms with Crippen LogP contribution in [0.25, 0.3) is 59.1 Å². The summed E-state index contributed by atoms with van der Waals surface area (Å²) in [7, 11) is 0. The van der Waals surface area contributed by atoms with Gasteiger partial charge in [-0.1, -0.05) is 60.7 Å². The summed E-state index contributed by atoms with van der Waals surface area (Å²) in [6.45, 7) is 22.5. The maximum Gasteiger partial charge on any atom is 0.270 e. The van der Waals surface area contributed by atoms with Crippen LogP contribution in [0, 0.1) is 42.4 Å². The van der Waals surface area contributed by atoms with Gasteiger partial charge in [0.25, 0.3) is 11.4 Å². The molecule has 0 N–H and O–H groups in total. The number of hydrogen-bond donors (Lipinski definition) is 0. The molecule has 2 aliphatic rings. The van der Waals surface area contributed by atoms with Crippen LogP contribution in [0.2, 0.25) is 0 Å². The lowest BCUT2D eigenvalue weighted by Gasteiger charge is -2.09. The first kappa shape index (κ1) is 22.3. The summed E-state index contributed by atoms with van der Waals surface area (Å²) in [6, 6.07) is 29.0. The second-order valence-corrected chi connectivity index (χ2v) is 8.80. The highest BCUT2D eigenvalue weighted by atomic mass is 14.7. The van der Waals surface area contributed by atoms with Gasteiger partial charge in [-0.15, -0.1) is 0 Å². The fraction of sp³-hybridized carbons (Fsp3) is 0. The molecule has 4 aromatic carbocycles. The van der Waals surface area contributed by atoms with Gasteiger partial charge < -0.3 is 0 Å². The molecular weight excluding hydrogens is 466 g/mol. The third-order valence-electron chi connectivity index (χ3n) is 7.00. The molecule has 6 rings (SSSR count). The first-order chi connectivity index (χ1) is 18.6. The van der Waals surface area contributed by atoms with Crippen molar-refractivity contribution in [1.29, 1.82) is 10.5 Å². The molecule has 0 amide bonds. The van der Waals surface area contributed by atoms with Crippen LogP contribution in [0.3, 0.4) is 0 Å². The van der Waals surface area contributed by atoms with E-state index in [2.05, 4.69) is 26.7 Å². The highest BCUT2D eigenvalue weighted by Crippen LogP contribution is 2.54.